The molecule has 0 unspecified atom stereocenters. The highest BCUT2D eigenvalue weighted by Crippen LogP contribution is 2.41. The van der Waals surface area contributed by atoms with Crippen molar-refractivity contribution in [2.75, 3.05) is 0 Å². The standard InChI is InChI=1S/C17H10BrNO2/c1-8-6-12(18)15-14-11(7-13(20)19-16(8)14)9-4-2-3-5-10(9)17(15)21/h2-7H,1H3,(H,19,20). The summed E-state index contributed by atoms with van der Waals surface area (Å²) < 4.78 is 0.764. The van der Waals surface area contributed by atoms with Crippen LogP contribution in [0.4, 0.5) is 0 Å². The van der Waals surface area contributed by atoms with Gasteiger partial charge in [-0.05, 0) is 45.6 Å². The number of hydrogen-bond donors (Lipinski definition) is 1. The van der Waals surface area contributed by atoms with E-state index >= 15 is 0 Å². The summed E-state index contributed by atoms with van der Waals surface area (Å²) in [5.74, 6) is -0.0120. The van der Waals surface area contributed by atoms with E-state index in [1.165, 1.54) is 0 Å². The zero-order valence-electron chi connectivity index (χ0n) is 11.2. The molecule has 0 aliphatic heterocycles. The van der Waals surface area contributed by atoms with E-state index in [0.29, 0.717) is 11.1 Å². The first-order chi connectivity index (χ1) is 10.1. The number of aromatic nitrogens is 1. The molecule has 4 rings (SSSR count). The van der Waals surface area contributed by atoms with Crippen molar-refractivity contribution in [3.8, 4) is 11.1 Å². The first-order valence-electron chi connectivity index (χ1n) is 6.58. The number of benzene rings is 2. The van der Waals surface area contributed by atoms with E-state index in [-0.39, 0.29) is 11.3 Å². The summed E-state index contributed by atoms with van der Waals surface area (Å²) in [6.07, 6.45) is 0. The molecule has 0 bridgehead atoms. The molecule has 4 heteroatoms. The van der Waals surface area contributed by atoms with Crippen LogP contribution in [-0.2, 0) is 0 Å². The van der Waals surface area contributed by atoms with Crippen molar-refractivity contribution in [1.29, 1.82) is 0 Å². The van der Waals surface area contributed by atoms with Gasteiger partial charge in [-0.3, -0.25) is 9.59 Å². The SMILES string of the molecule is Cc1cc(Br)c2c3c(cc(=O)[nH]c13)-c1ccccc1C2=O. The molecule has 0 saturated heterocycles. The smallest absolute Gasteiger partial charge is 0.249 e. The topological polar surface area (TPSA) is 49.9 Å². The first-order valence-corrected chi connectivity index (χ1v) is 7.37. The molecule has 0 amide bonds. The van der Waals surface area contributed by atoms with E-state index in [0.717, 1.165) is 32.1 Å². The molecule has 21 heavy (non-hydrogen) atoms. The quantitative estimate of drug-likeness (QED) is 0.529. The van der Waals surface area contributed by atoms with Crippen molar-refractivity contribution in [1.82, 2.24) is 4.98 Å². The largest absolute Gasteiger partial charge is 0.322 e. The van der Waals surface area contributed by atoms with Gasteiger partial charge in [0.1, 0.15) is 0 Å². The molecule has 2 aromatic carbocycles. The molecular weight excluding hydrogens is 330 g/mol. The van der Waals surface area contributed by atoms with E-state index in [1.807, 2.05) is 31.2 Å². The maximum Gasteiger partial charge on any atom is 0.249 e. The minimum atomic E-state index is -0.155. The van der Waals surface area contributed by atoms with Crippen LogP contribution in [0.5, 0.6) is 0 Å². The molecule has 3 nitrogen and oxygen atoms in total. The zero-order chi connectivity index (χ0) is 14.7. The highest BCUT2D eigenvalue weighted by molar-refractivity contribution is 9.10. The van der Waals surface area contributed by atoms with Crippen LogP contribution in [0.15, 0.2) is 45.7 Å². The molecule has 1 heterocycles. The second kappa shape index (κ2) is 4.15. The Labute approximate surface area is 128 Å². The Morgan fingerprint density at radius 2 is 1.71 bits per heavy atom. The summed E-state index contributed by atoms with van der Waals surface area (Å²) in [4.78, 5) is 27.6. The number of ketones is 1. The van der Waals surface area contributed by atoms with E-state index in [1.54, 1.807) is 12.1 Å². The first kappa shape index (κ1) is 12.5. The summed E-state index contributed by atoms with van der Waals surface area (Å²) in [5, 5.41) is 0.824. The van der Waals surface area contributed by atoms with Crippen LogP contribution in [0.25, 0.3) is 22.0 Å². The van der Waals surface area contributed by atoms with Crippen molar-refractivity contribution in [3.63, 3.8) is 0 Å². The van der Waals surface area contributed by atoms with E-state index in [2.05, 4.69) is 20.9 Å². The van der Waals surface area contributed by atoms with E-state index in [9.17, 15) is 9.59 Å². The molecule has 1 aliphatic carbocycles. The molecule has 1 aromatic heterocycles. The lowest BCUT2D eigenvalue weighted by Gasteiger charge is -2.21. The van der Waals surface area contributed by atoms with Gasteiger partial charge in [0.05, 0.1) is 5.52 Å². The third-order valence-electron chi connectivity index (χ3n) is 3.96. The summed E-state index contributed by atoms with van der Waals surface area (Å²) in [7, 11) is 0. The molecule has 0 fully saturated rings. The summed E-state index contributed by atoms with van der Waals surface area (Å²) in [5.41, 5.74) is 4.43. The molecule has 1 N–H and O–H groups in total. The van der Waals surface area contributed by atoms with Gasteiger partial charge >= 0.3 is 0 Å². The van der Waals surface area contributed by atoms with Crippen LogP contribution >= 0.6 is 15.9 Å². The van der Waals surface area contributed by atoms with Gasteiger partial charge in [0.15, 0.2) is 5.78 Å². The molecular formula is C17H10BrNO2. The monoisotopic (exact) mass is 339 g/mol. The maximum absolute atomic E-state index is 12.8. The average Bonchev–Trinajstić information content (AvgIpc) is 2.46. The van der Waals surface area contributed by atoms with Gasteiger partial charge in [0.2, 0.25) is 5.56 Å². The number of nitrogens with one attached hydrogen (secondary N) is 1. The van der Waals surface area contributed by atoms with Crippen molar-refractivity contribution >= 4 is 32.6 Å². The fourth-order valence-corrected chi connectivity index (χ4v) is 3.78. The predicted molar refractivity (Wildman–Crippen MR) is 85.9 cm³/mol. The van der Waals surface area contributed by atoms with Gasteiger partial charge in [-0.25, -0.2) is 0 Å². The molecule has 0 spiro atoms. The van der Waals surface area contributed by atoms with Crippen molar-refractivity contribution in [2.45, 2.75) is 6.92 Å². The summed E-state index contributed by atoms with van der Waals surface area (Å²) in [6, 6.07) is 10.9. The number of carbonyl (C=O) groups excluding carboxylic acids is 1. The second-order valence-electron chi connectivity index (χ2n) is 5.22. The number of halogens is 1. The predicted octanol–water partition coefficient (Wildman–Crippen LogP) is 3.81. The molecule has 0 saturated carbocycles. The third kappa shape index (κ3) is 1.59. The number of H-pyrrole nitrogens is 1. The van der Waals surface area contributed by atoms with Crippen molar-refractivity contribution in [3.05, 3.63) is 67.9 Å². The minimum absolute atomic E-state index is 0.0120. The highest BCUT2D eigenvalue weighted by atomic mass is 79.9. The van der Waals surface area contributed by atoms with Crippen LogP contribution < -0.4 is 5.56 Å². The van der Waals surface area contributed by atoms with Gasteiger partial charge in [-0.2, -0.15) is 0 Å². The molecule has 102 valence electrons. The molecule has 0 atom stereocenters. The molecule has 1 aliphatic rings. The maximum atomic E-state index is 12.8. The fraction of sp³-hybridized carbons (Fsp3) is 0.0588. The van der Waals surface area contributed by atoms with Crippen LogP contribution in [0.2, 0.25) is 0 Å². The second-order valence-corrected chi connectivity index (χ2v) is 6.08. The third-order valence-corrected chi connectivity index (χ3v) is 4.58. The number of aryl methyl sites for hydroxylation is 1. The number of fused-ring (bicyclic) bond motifs is 2. The Balaban J connectivity index is 2.35. The zero-order valence-corrected chi connectivity index (χ0v) is 12.7. The lowest BCUT2D eigenvalue weighted by atomic mass is 9.83. The van der Waals surface area contributed by atoms with Crippen molar-refractivity contribution < 1.29 is 4.79 Å². The lowest BCUT2D eigenvalue weighted by Crippen LogP contribution is -2.15. The number of aromatic amines is 1. The molecule has 0 radical (unpaired) electrons. The Hall–Kier alpha value is -2.20. The van der Waals surface area contributed by atoms with Crippen LogP contribution in [0.3, 0.4) is 0 Å². The van der Waals surface area contributed by atoms with Gasteiger partial charge in [-0.15, -0.1) is 0 Å². The van der Waals surface area contributed by atoms with Gasteiger partial charge in [0, 0.05) is 27.1 Å². The summed E-state index contributed by atoms with van der Waals surface area (Å²) >= 11 is 3.49. The van der Waals surface area contributed by atoms with Gasteiger partial charge < -0.3 is 4.98 Å². The van der Waals surface area contributed by atoms with Crippen LogP contribution in [-0.4, -0.2) is 10.8 Å². The average molecular weight is 340 g/mol. The van der Waals surface area contributed by atoms with E-state index < -0.39 is 0 Å². The van der Waals surface area contributed by atoms with Gasteiger partial charge in [-0.1, -0.05) is 24.3 Å². The highest BCUT2D eigenvalue weighted by Gasteiger charge is 2.28. The Bertz CT molecular complexity index is 1000. The van der Waals surface area contributed by atoms with Crippen molar-refractivity contribution in [2.24, 2.45) is 0 Å². The van der Waals surface area contributed by atoms with Gasteiger partial charge in [0.25, 0.3) is 0 Å². The Morgan fingerprint density at radius 1 is 1.00 bits per heavy atom. The Kier molecular flexibility index (Phi) is 2.48. The number of pyridine rings is 1. The normalized spacial score (nSPS) is 12.6. The van der Waals surface area contributed by atoms with E-state index in [4.69, 9.17) is 0 Å². The number of hydrogen-bond acceptors (Lipinski definition) is 2. The lowest BCUT2D eigenvalue weighted by molar-refractivity contribution is 0.103. The summed E-state index contributed by atoms with van der Waals surface area (Å²) in [6.45, 7) is 1.93. The van der Waals surface area contributed by atoms with Crippen LogP contribution in [0, 0.1) is 6.92 Å². The Morgan fingerprint density at radius 3 is 2.48 bits per heavy atom. The fourth-order valence-electron chi connectivity index (χ4n) is 3.05. The number of rotatable bonds is 0. The number of carbonyl (C=O) groups is 1. The van der Waals surface area contributed by atoms with Crippen LogP contribution in [0.1, 0.15) is 21.5 Å². The minimum Gasteiger partial charge on any atom is -0.322 e. The molecule has 3 aromatic rings.